The third-order valence-corrected chi connectivity index (χ3v) is 4.07. The highest BCUT2D eigenvalue weighted by atomic mass is 15.1. The van der Waals surface area contributed by atoms with Gasteiger partial charge in [-0.25, -0.2) is 0 Å². The monoisotopic (exact) mass is 166 g/mol. The zero-order valence-corrected chi connectivity index (χ0v) is 8.22. The van der Waals surface area contributed by atoms with E-state index < -0.39 is 0 Å². The second-order valence-electron chi connectivity index (χ2n) is 5.20. The summed E-state index contributed by atoms with van der Waals surface area (Å²) in [7, 11) is 0. The first-order chi connectivity index (χ1) is 5.50. The average molecular weight is 166 g/mol. The topological polar surface area (TPSA) is 38.4 Å². The van der Waals surface area contributed by atoms with E-state index in [9.17, 15) is 0 Å². The van der Waals surface area contributed by atoms with Crippen molar-refractivity contribution in [2.24, 2.45) is 27.7 Å². The molecule has 0 aromatic carbocycles. The van der Waals surface area contributed by atoms with Gasteiger partial charge in [-0.05, 0) is 25.2 Å². The van der Waals surface area contributed by atoms with Gasteiger partial charge in [0.1, 0.15) is 0 Å². The summed E-state index contributed by atoms with van der Waals surface area (Å²) < 4.78 is 0. The van der Waals surface area contributed by atoms with Crippen molar-refractivity contribution >= 4 is 5.71 Å². The molecular weight excluding hydrogens is 148 g/mol. The Labute approximate surface area is 74.2 Å². The molecule has 2 fully saturated rings. The molecule has 2 N–H and O–H groups in total. The summed E-state index contributed by atoms with van der Waals surface area (Å²) >= 11 is 0. The molecule has 2 nitrogen and oxygen atoms in total. The fourth-order valence-electron chi connectivity index (χ4n) is 3.37. The van der Waals surface area contributed by atoms with E-state index in [1.54, 1.807) is 0 Å². The van der Waals surface area contributed by atoms with Crippen LogP contribution in [0.5, 0.6) is 0 Å². The summed E-state index contributed by atoms with van der Waals surface area (Å²) in [6, 6.07) is 0. The highest BCUT2D eigenvalue weighted by molar-refractivity contribution is 5.97. The molecule has 12 heavy (non-hydrogen) atoms. The van der Waals surface area contributed by atoms with Crippen LogP contribution in [-0.2, 0) is 0 Å². The number of rotatable bonds is 0. The second kappa shape index (κ2) is 2.04. The van der Waals surface area contributed by atoms with E-state index in [-0.39, 0.29) is 5.41 Å². The summed E-state index contributed by atoms with van der Waals surface area (Å²) in [5.41, 5.74) is 1.86. The zero-order valence-electron chi connectivity index (χ0n) is 8.22. The first-order valence-electron chi connectivity index (χ1n) is 4.79. The minimum atomic E-state index is 0.266. The van der Waals surface area contributed by atoms with E-state index >= 15 is 0 Å². The molecule has 2 atom stereocenters. The Morgan fingerprint density at radius 2 is 2.08 bits per heavy atom. The molecular formula is C10H18N2. The van der Waals surface area contributed by atoms with Crippen molar-refractivity contribution in [3.8, 4) is 0 Å². The summed E-state index contributed by atoms with van der Waals surface area (Å²) in [4.78, 5) is 0. The van der Waals surface area contributed by atoms with Gasteiger partial charge in [-0.15, -0.1) is 0 Å². The highest BCUT2D eigenvalue weighted by Gasteiger charge is 2.57. The molecule has 0 heterocycles. The maximum atomic E-state index is 5.47. The van der Waals surface area contributed by atoms with Crippen LogP contribution in [0, 0.1) is 16.7 Å². The van der Waals surface area contributed by atoms with Gasteiger partial charge in [0, 0.05) is 16.5 Å². The summed E-state index contributed by atoms with van der Waals surface area (Å²) in [6.45, 7) is 6.88. The van der Waals surface area contributed by atoms with Gasteiger partial charge in [0.2, 0.25) is 0 Å². The number of fused-ring (bicyclic) bond motifs is 2. The van der Waals surface area contributed by atoms with Gasteiger partial charge in [0.25, 0.3) is 0 Å². The normalized spacial score (nSPS) is 47.2. The molecule has 2 saturated carbocycles. The molecule has 0 aromatic rings. The van der Waals surface area contributed by atoms with E-state index in [0.717, 1.165) is 5.92 Å². The van der Waals surface area contributed by atoms with Gasteiger partial charge in [-0.1, -0.05) is 20.8 Å². The van der Waals surface area contributed by atoms with Gasteiger partial charge in [-0.2, -0.15) is 5.10 Å². The minimum Gasteiger partial charge on any atom is -0.323 e. The van der Waals surface area contributed by atoms with Crippen LogP contribution >= 0.6 is 0 Å². The Morgan fingerprint density at radius 1 is 1.42 bits per heavy atom. The number of hydrogen-bond donors (Lipinski definition) is 1. The van der Waals surface area contributed by atoms with E-state index in [4.69, 9.17) is 5.84 Å². The molecule has 0 amide bonds. The molecule has 0 radical (unpaired) electrons. The fraction of sp³-hybridized carbons (Fsp3) is 0.900. The lowest BCUT2D eigenvalue weighted by atomic mass is 9.71. The van der Waals surface area contributed by atoms with Crippen LogP contribution in [0.15, 0.2) is 5.10 Å². The molecule has 0 spiro atoms. The Kier molecular flexibility index (Phi) is 1.37. The maximum Gasteiger partial charge on any atom is 0.0493 e. The Balaban J connectivity index is 2.45. The molecule has 2 aliphatic carbocycles. The first-order valence-corrected chi connectivity index (χ1v) is 4.79. The maximum absolute atomic E-state index is 5.47. The lowest BCUT2D eigenvalue weighted by Gasteiger charge is -2.34. The minimum absolute atomic E-state index is 0.266. The van der Waals surface area contributed by atoms with Crippen molar-refractivity contribution in [2.45, 2.75) is 40.0 Å². The molecule has 2 aliphatic rings. The average Bonchev–Trinajstić information content (AvgIpc) is 2.39. The fourth-order valence-corrected chi connectivity index (χ4v) is 3.37. The van der Waals surface area contributed by atoms with Crippen LogP contribution in [0.2, 0.25) is 0 Å². The molecule has 1 unspecified atom stereocenters. The SMILES string of the molecule is CC1(C)C(=NN)[C@]2(C)CCC1C2. The predicted octanol–water partition coefficient (Wildman–Crippen LogP) is 2.15. The van der Waals surface area contributed by atoms with Gasteiger partial charge in [0.15, 0.2) is 0 Å². The predicted molar refractivity (Wildman–Crippen MR) is 50.9 cm³/mol. The second-order valence-corrected chi connectivity index (χ2v) is 5.20. The van der Waals surface area contributed by atoms with Crippen LogP contribution in [0.3, 0.4) is 0 Å². The summed E-state index contributed by atoms with van der Waals surface area (Å²) in [6.07, 6.45) is 3.95. The lowest BCUT2D eigenvalue weighted by Crippen LogP contribution is -2.36. The smallest absolute Gasteiger partial charge is 0.0493 e. The van der Waals surface area contributed by atoms with Crippen molar-refractivity contribution in [1.82, 2.24) is 0 Å². The van der Waals surface area contributed by atoms with Gasteiger partial charge in [0.05, 0.1) is 0 Å². The van der Waals surface area contributed by atoms with Crippen molar-refractivity contribution in [2.75, 3.05) is 0 Å². The van der Waals surface area contributed by atoms with Crippen LogP contribution in [0.25, 0.3) is 0 Å². The molecule has 68 valence electrons. The van der Waals surface area contributed by atoms with Crippen LogP contribution in [0.4, 0.5) is 0 Å². The molecule has 0 aliphatic heterocycles. The van der Waals surface area contributed by atoms with Crippen molar-refractivity contribution in [1.29, 1.82) is 0 Å². The Bertz CT molecular complexity index is 235. The first kappa shape index (κ1) is 8.09. The van der Waals surface area contributed by atoms with Gasteiger partial charge < -0.3 is 5.84 Å². The number of nitrogens with two attached hydrogens (primary N) is 1. The molecule has 0 saturated heterocycles. The molecule has 2 heteroatoms. The van der Waals surface area contributed by atoms with Crippen LogP contribution in [-0.4, -0.2) is 5.71 Å². The van der Waals surface area contributed by atoms with Crippen molar-refractivity contribution < 1.29 is 0 Å². The molecule has 2 rings (SSSR count). The van der Waals surface area contributed by atoms with E-state index in [2.05, 4.69) is 25.9 Å². The van der Waals surface area contributed by atoms with Crippen LogP contribution < -0.4 is 5.84 Å². The van der Waals surface area contributed by atoms with E-state index in [1.807, 2.05) is 0 Å². The van der Waals surface area contributed by atoms with Gasteiger partial charge >= 0.3 is 0 Å². The van der Waals surface area contributed by atoms with Crippen LogP contribution in [0.1, 0.15) is 40.0 Å². The number of nitrogens with zero attached hydrogens (tertiary/aromatic N) is 1. The lowest BCUT2D eigenvalue weighted by molar-refractivity contribution is 0.332. The number of hydrogen-bond acceptors (Lipinski definition) is 2. The largest absolute Gasteiger partial charge is 0.323 e. The van der Waals surface area contributed by atoms with E-state index in [1.165, 1.54) is 25.0 Å². The standard InChI is InChI=1S/C10H18N2/c1-9(2)7-4-5-10(3,6-7)8(9)12-11/h7H,4-6,11H2,1-3H3/t7?,10-/m1/s1. The Hall–Kier alpha value is -0.530. The third-order valence-electron chi connectivity index (χ3n) is 4.07. The summed E-state index contributed by atoms with van der Waals surface area (Å²) in [5, 5.41) is 4.01. The van der Waals surface area contributed by atoms with Crippen molar-refractivity contribution in [3.63, 3.8) is 0 Å². The molecule has 0 aromatic heterocycles. The Morgan fingerprint density at radius 3 is 2.42 bits per heavy atom. The third kappa shape index (κ3) is 0.732. The highest BCUT2D eigenvalue weighted by Crippen LogP contribution is 2.60. The summed E-state index contributed by atoms with van der Waals surface area (Å²) in [5.74, 6) is 6.29. The number of hydrazone groups is 1. The van der Waals surface area contributed by atoms with Gasteiger partial charge in [-0.3, -0.25) is 0 Å². The quantitative estimate of drug-likeness (QED) is 0.434. The zero-order chi connectivity index (χ0) is 8.98. The molecule has 2 bridgehead atoms. The van der Waals surface area contributed by atoms with Crippen molar-refractivity contribution in [3.05, 3.63) is 0 Å². The van der Waals surface area contributed by atoms with E-state index in [0.29, 0.717) is 5.41 Å².